The lowest BCUT2D eigenvalue weighted by Gasteiger charge is -2.31. The number of amides is 1. The molecule has 2 aliphatic heterocycles. The van der Waals surface area contributed by atoms with Gasteiger partial charge >= 0.3 is 0 Å². The molecule has 2 aromatic carbocycles. The van der Waals surface area contributed by atoms with Gasteiger partial charge in [0.2, 0.25) is 12.7 Å². The maximum atomic E-state index is 12.8. The van der Waals surface area contributed by atoms with Crippen LogP contribution in [-0.4, -0.2) is 41.0 Å². The minimum atomic E-state index is -0.0482. The Morgan fingerprint density at radius 3 is 2.63 bits per heavy atom. The van der Waals surface area contributed by atoms with Crippen molar-refractivity contribution in [3.8, 4) is 11.5 Å². The zero-order chi connectivity index (χ0) is 23.6. The molecule has 1 saturated heterocycles. The number of rotatable bonds is 5. The summed E-state index contributed by atoms with van der Waals surface area (Å²) in [5.41, 5.74) is 2.60. The molecule has 0 atom stereocenters. The molecule has 9 nitrogen and oxygen atoms in total. The molecule has 2 N–H and O–H groups in total. The van der Waals surface area contributed by atoms with Crippen molar-refractivity contribution in [1.29, 1.82) is 0 Å². The fourth-order valence-electron chi connectivity index (χ4n) is 4.45. The average molecular weight is 469 g/mol. The van der Waals surface area contributed by atoms with Gasteiger partial charge in [0, 0.05) is 48.0 Å². The summed E-state index contributed by atoms with van der Waals surface area (Å²) in [6, 6.07) is 19.3. The van der Waals surface area contributed by atoms with E-state index in [2.05, 4.69) is 30.7 Å². The predicted molar refractivity (Wildman–Crippen MR) is 133 cm³/mol. The van der Waals surface area contributed by atoms with Gasteiger partial charge in [0.25, 0.3) is 0 Å². The molecule has 2 aliphatic rings. The molecule has 1 amide bonds. The molecule has 0 unspecified atom stereocenters. The Morgan fingerprint density at radius 1 is 0.914 bits per heavy atom. The lowest BCUT2D eigenvalue weighted by molar-refractivity contribution is -0.120. The van der Waals surface area contributed by atoms with Crippen LogP contribution in [0.1, 0.15) is 12.8 Å². The number of piperidine rings is 1. The maximum absolute atomic E-state index is 12.8. The largest absolute Gasteiger partial charge is 0.454 e. The van der Waals surface area contributed by atoms with Gasteiger partial charge in [-0.25, -0.2) is 0 Å². The van der Waals surface area contributed by atoms with Crippen LogP contribution in [0.5, 0.6) is 11.5 Å². The Morgan fingerprint density at radius 2 is 1.77 bits per heavy atom. The zero-order valence-corrected chi connectivity index (χ0v) is 19.0. The van der Waals surface area contributed by atoms with E-state index in [0.29, 0.717) is 17.3 Å². The molecule has 176 valence electrons. The smallest absolute Gasteiger partial charge is 0.231 e. The zero-order valence-electron chi connectivity index (χ0n) is 19.0. The molecular formula is C26H24N6O3. The number of fused-ring (bicyclic) bond motifs is 2. The number of ether oxygens (including phenoxy) is 2. The van der Waals surface area contributed by atoms with Crippen LogP contribution in [0, 0.1) is 5.92 Å². The van der Waals surface area contributed by atoms with Crippen molar-refractivity contribution in [3.63, 3.8) is 0 Å². The molecule has 2 aromatic heterocycles. The summed E-state index contributed by atoms with van der Waals surface area (Å²) in [7, 11) is 0. The minimum absolute atomic E-state index is 0.0275. The van der Waals surface area contributed by atoms with E-state index in [0.717, 1.165) is 54.0 Å². The first-order valence-corrected chi connectivity index (χ1v) is 11.6. The first kappa shape index (κ1) is 21.2. The molecule has 1 fully saturated rings. The quantitative estimate of drug-likeness (QED) is 0.446. The topological polar surface area (TPSA) is 102 Å². The first-order chi connectivity index (χ1) is 17.2. The molecule has 0 bridgehead atoms. The molecule has 6 rings (SSSR count). The molecule has 0 saturated carbocycles. The third-order valence-electron chi connectivity index (χ3n) is 6.36. The normalized spacial score (nSPS) is 15.3. The minimum Gasteiger partial charge on any atom is -0.454 e. The standard InChI is InChI=1S/C26H24N6O3/c33-26(29-20-4-6-22-23(15-20)35-16-34-22)17-9-12-32(13-10-17)25-8-7-24(30-31-25)28-19-3-5-21-18(14-19)2-1-11-27-21/h1-8,11,14-15,17H,9-10,12-13,16H2,(H,28,30)(H,29,33). The number of aromatic nitrogens is 3. The number of anilines is 4. The van der Waals surface area contributed by atoms with Crippen molar-refractivity contribution in [2.24, 2.45) is 5.92 Å². The Balaban J connectivity index is 1.04. The van der Waals surface area contributed by atoms with Gasteiger partial charge in [0.15, 0.2) is 23.1 Å². The van der Waals surface area contributed by atoms with E-state index in [9.17, 15) is 4.79 Å². The molecule has 0 radical (unpaired) electrons. The average Bonchev–Trinajstić information content (AvgIpc) is 3.37. The predicted octanol–water partition coefficient (Wildman–Crippen LogP) is 4.35. The Kier molecular flexibility index (Phi) is 5.50. The summed E-state index contributed by atoms with van der Waals surface area (Å²) >= 11 is 0. The van der Waals surface area contributed by atoms with Gasteiger partial charge in [-0.15, -0.1) is 10.2 Å². The third-order valence-corrected chi connectivity index (χ3v) is 6.36. The highest BCUT2D eigenvalue weighted by atomic mass is 16.7. The Labute approximate surface area is 202 Å². The van der Waals surface area contributed by atoms with Crippen LogP contribution in [0.25, 0.3) is 10.9 Å². The molecule has 9 heteroatoms. The van der Waals surface area contributed by atoms with Crippen LogP contribution < -0.4 is 25.0 Å². The SMILES string of the molecule is O=C(Nc1ccc2c(c1)OCO2)C1CCN(c2ccc(Nc3ccc4ncccc4c3)nn2)CC1. The van der Waals surface area contributed by atoms with E-state index >= 15 is 0 Å². The maximum Gasteiger partial charge on any atom is 0.231 e. The summed E-state index contributed by atoms with van der Waals surface area (Å²) in [5.74, 6) is 2.83. The highest BCUT2D eigenvalue weighted by Crippen LogP contribution is 2.34. The van der Waals surface area contributed by atoms with Crippen molar-refractivity contribution in [1.82, 2.24) is 15.2 Å². The highest BCUT2D eigenvalue weighted by molar-refractivity contribution is 5.93. The number of benzene rings is 2. The van der Waals surface area contributed by atoms with Crippen LogP contribution in [0.3, 0.4) is 0 Å². The number of hydrogen-bond donors (Lipinski definition) is 2. The molecule has 0 spiro atoms. The van der Waals surface area contributed by atoms with E-state index < -0.39 is 0 Å². The third kappa shape index (κ3) is 4.52. The second-order valence-electron chi connectivity index (χ2n) is 8.63. The van der Waals surface area contributed by atoms with Gasteiger partial charge in [-0.1, -0.05) is 6.07 Å². The van der Waals surface area contributed by atoms with Crippen molar-refractivity contribution >= 4 is 39.8 Å². The van der Waals surface area contributed by atoms with Gasteiger partial charge in [0.1, 0.15) is 0 Å². The van der Waals surface area contributed by atoms with E-state index in [-0.39, 0.29) is 18.6 Å². The van der Waals surface area contributed by atoms with Crippen LogP contribution in [-0.2, 0) is 4.79 Å². The van der Waals surface area contributed by atoms with Crippen molar-refractivity contribution < 1.29 is 14.3 Å². The summed E-state index contributed by atoms with van der Waals surface area (Å²) < 4.78 is 10.7. The van der Waals surface area contributed by atoms with Gasteiger partial charge in [-0.3, -0.25) is 9.78 Å². The summed E-state index contributed by atoms with van der Waals surface area (Å²) in [4.78, 5) is 19.3. The first-order valence-electron chi connectivity index (χ1n) is 11.6. The molecule has 0 aliphatic carbocycles. The van der Waals surface area contributed by atoms with E-state index in [1.54, 1.807) is 12.3 Å². The van der Waals surface area contributed by atoms with Gasteiger partial charge in [0.05, 0.1) is 5.52 Å². The number of nitrogens with one attached hydrogen (secondary N) is 2. The number of carbonyl (C=O) groups is 1. The van der Waals surface area contributed by atoms with Crippen LogP contribution >= 0.6 is 0 Å². The van der Waals surface area contributed by atoms with Crippen LogP contribution in [0.4, 0.5) is 23.0 Å². The number of carbonyl (C=O) groups excluding carboxylic acids is 1. The van der Waals surface area contributed by atoms with E-state index in [4.69, 9.17) is 9.47 Å². The molecular weight excluding hydrogens is 444 g/mol. The van der Waals surface area contributed by atoms with E-state index in [1.165, 1.54) is 0 Å². The van der Waals surface area contributed by atoms with Crippen LogP contribution in [0.2, 0.25) is 0 Å². The molecule has 4 aromatic rings. The Bertz CT molecular complexity index is 1370. The molecule has 35 heavy (non-hydrogen) atoms. The highest BCUT2D eigenvalue weighted by Gasteiger charge is 2.26. The van der Waals surface area contributed by atoms with Gasteiger partial charge in [-0.2, -0.15) is 0 Å². The van der Waals surface area contributed by atoms with Gasteiger partial charge in [-0.05, 0) is 61.4 Å². The fourth-order valence-corrected chi connectivity index (χ4v) is 4.45. The van der Waals surface area contributed by atoms with Gasteiger partial charge < -0.3 is 25.0 Å². The monoisotopic (exact) mass is 468 g/mol. The Hall–Kier alpha value is -4.40. The van der Waals surface area contributed by atoms with Crippen molar-refractivity contribution in [3.05, 3.63) is 66.9 Å². The second kappa shape index (κ2) is 9.09. The van der Waals surface area contributed by atoms with E-state index in [1.807, 2.05) is 54.6 Å². The fraction of sp³-hybridized carbons (Fsp3) is 0.231. The number of nitrogens with zero attached hydrogens (tertiary/aromatic N) is 4. The van der Waals surface area contributed by atoms with Crippen LogP contribution in [0.15, 0.2) is 66.9 Å². The van der Waals surface area contributed by atoms with Crippen molar-refractivity contribution in [2.45, 2.75) is 12.8 Å². The number of hydrogen-bond acceptors (Lipinski definition) is 8. The number of pyridine rings is 1. The van der Waals surface area contributed by atoms with Crippen molar-refractivity contribution in [2.75, 3.05) is 35.4 Å². The lowest BCUT2D eigenvalue weighted by atomic mass is 9.96. The lowest BCUT2D eigenvalue weighted by Crippen LogP contribution is -2.38. The summed E-state index contributed by atoms with van der Waals surface area (Å²) in [6.07, 6.45) is 3.29. The summed E-state index contributed by atoms with van der Waals surface area (Å²) in [6.45, 7) is 1.71. The summed E-state index contributed by atoms with van der Waals surface area (Å²) in [5, 5.41) is 16.1. The molecule has 4 heterocycles. The second-order valence-corrected chi connectivity index (χ2v) is 8.63.